The SMILES string of the molecule is COc1cc(/C=N/NC(=O)C(=O)Nc2ccccc2F)ccc1OCc1ccccc1C. The molecule has 0 spiro atoms. The standard InChI is InChI=1S/C24H22FN3O4/c1-16-7-3-4-8-18(16)15-32-21-12-11-17(13-22(21)31-2)14-26-28-24(30)23(29)27-20-10-6-5-9-19(20)25/h3-14H,15H2,1-2H3,(H,27,29)(H,28,30)/b26-14+. The molecule has 0 aliphatic heterocycles. The fraction of sp³-hybridized carbons (Fsp3) is 0.125. The number of halogens is 1. The van der Waals surface area contributed by atoms with Crippen LogP contribution in [0.4, 0.5) is 10.1 Å². The Morgan fingerprint density at radius 3 is 2.50 bits per heavy atom. The number of hydrogen-bond acceptors (Lipinski definition) is 5. The van der Waals surface area contributed by atoms with E-state index in [-0.39, 0.29) is 5.69 Å². The van der Waals surface area contributed by atoms with Gasteiger partial charge in [-0.1, -0.05) is 36.4 Å². The molecule has 2 amide bonds. The van der Waals surface area contributed by atoms with Gasteiger partial charge in [-0.15, -0.1) is 0 Å². The highest BCUT2D eigenvalue weighted by molar-refractivity contribution is 6.39. The topological polar surface area (TPSA) is 89.0 Å². The average Bonchev–Trinajstić information content (AvgIpc) is 2.80. The van der Waals surface area contributed by atoms with E-state index < -0.39 is 17.6 Å². The number of ether oxygens (including phenoxy) is 2. The van der Waals surface area contributed by atoms with E-state index in [1.54, 1.807) is 18.2 Å². The van der Waals surface area contributed by atoms with Crippen LogP contribution in [-0.4, -0.2) is 25.1 Å². The second kappa shape index (κ2) is 10.7. The van der Waals surface area contributed by atoms with E-state index >= 15 is 0 Å². The molecule has 0 radical (unpaired) electrons. The first-order chi connectivity index (χ1) is 15.5. The predicted molar refractivity (Wildman–Crippen MR) is 119 cm³/mol. The average molecular weight is 435 g/mol. The van der Waals surface area contributed by atoms with Crippen LogP contribution < -0.4 is 20.2 Å². The molecule has 0 saturated heterocycles. The van der Waals surface area contributed by atoms with Gasteiger partial charge in [0, 0.05) is 0 Å². The van der Waals surface area contributed by atoms with Crippen molar-refractivity contribution in [1.82, 2.24) is 5.43 Å². The van der Waals surface area contributed by atoms with Crippen LogP contribution in [0.3, 0.4) is 0 Å². The third-order valence-corrected chi connectivity index (χ3v) is 4.54. The molecule has 3 aromatic carbocycles. The number of benzene rings is 3. The summed E-state index contributed by atoms with van der Waals surface area (Å²) < 4.78 is 24.8. The Kier molecular flexibility index (Phi) is 7.53. The number of carbonyl (C=O) groups excluding carboxylic acids is 2. The van der Waals surface area contributed by atoms with Gasteiger partial charge in [-0.05, 0) is 53.9 Å². The van der Waals surface area contributed by atoms with E-state index in [1.165, 1.54) is 37.6 Å². The number of nitrogens with one attached hydrogen (secondary N) is 2. The van der Waals surface area contributed by atoms with E-state index in [0.29, 0.717) is 23.7 Å². The van der Waals surface area contributed by atoms with Crippen molar-refractivity contribution >= 4 is 23.7 Å². The van der Waals surface area contributed by atoms with Gasteiger partial charge in [0.05, 0.1) is 19.0 Å². The fourth-order valence-electron chi connectivity index (χ4n) is 2.77. The third kappa shape index (κ3) is 5.91. The number of aryl methyl sites for hydroxylation is 1. The van der Waals surface area contributed by atoms with Gasteiger partial charge < -0.3 is 14.8 Å². The van der Waals surface area contributed by atoms with E-state index in [1.807, 2.05) is 31.2 Å². The molecule has 3 aromatic rings. The van der Waals surface area contributed by atoms with E-state index in [2.05, 4.69) is 15.8 Å². The first-order valence-corrected chi connectivity index (χ1v) is 9.72. The number of methoxy groups -OCH3 is 1. The fourth-order valence-corrected chi connectivity index (χ4v) is 2.77. The summed E-state index contributed by atoms with van der Waals surface area (Å²) in [6, 6.07) is 18.6. The van der Waals surface area contributed by atoms with Crippen molar-refractivity contribution in [3.05, 3.63) is 89.2 Å². The predicted octanol–water partition coefficient (Wildman–Crippen LogP) is 3.81. The summed E-state index contributed by atoms with van der Waals surface area (Å²) in [5.41, 5.74) is 4.81. The summed E-state index contributed by atoms with van der Waals surface area (Å²) in [6.45, 7) is 2.41. The molecule has 0 aromatic heterocycles. The van der Waals surface area contributed by atoms with Gasteiger partial charge in [0.2, 0.25) is 0 Å². The summed E-state index contributed by atoms with van der Waals surface area (Å²) in [5.74, 6) is -1.67. The molecular weight excluding hydrogens is 413 g/mol. The molecule has 164 valence electrons. The first-order valence-electron chi connectivity index (χ1n) is 9.72. The molecule has 0 aliphatic carbocycles. The maximum atomic E-state index is 13.6. The summed E-state index contributed by atoms with van der Waals surface area (Å²) in [5, 5.41) is 5.94. The summed E-state index contributed by atoms with van der Waals surface area (Å²) >= 11 is 0. The number of hydrogen-bond donors (Lipinski definition) is 2. The van der Waals surface area contributed by atoms with Crippen molar-refractivity contribution in [2.45, 2.75) is 13.5 Å². The van der Waals surface area contributed by atoms with Crippen molar-refractivity contribution in [3.8, 4) is 11.5 Å². The largest absolute Gasteiger partial charge is 0.493 e. The van der Waals surface area contributed by atoms with Gasteiger partial charge >= 0.3 is 11.8 Å². The van der Waals surface area contributed by atoms with Crippen molar-refractivity contribution in [2.24, 2.45) is 5.10 Å². The normalized spacial score (nSPS) is 10.6. The number of hydrazone groups is 1. The maximum Gasteiger partial charge on any atom is 0.329 e. The second-order valence-electron chi connectivity index (χ2n) is 6.76. The number of carbonyl (C=O) groups is 2. The maximum absolute atomic E-state index is 13.6. The molecule has 2 N–H and O–H groups in total. The molecular formula is C24H22FN3O4. The van der Waals surface area contributed by atoms with Crippen molar-refractivity contribution < 1.29 is 23.5 Å². The van der Waals surface area contributed by atoms with Crippen LogP contribution in [0.15, 0.2) is 71.8 Å². The van der Waals surface area contributed by atoms with Crippen LogP contribution in [0.2, 0.25) is 0 Å². The van der Waals surface area contributed by atoms with Gasteiger partial charge in [0.1, 0.15) is 12.4 Å². The number of rotatable bonds is 7. The van der Waals surface area contributed by atoms with Crippen LogP contribution in [0.1, 0.15) is 16.7 Å². The lowest BCUT2D eigenvalue weighted by Gasteiger charge is -2.12. The van der Waals surface area contributed by atoms with Crippen molar-refractivity contribution in [1.29, 1.82) is 0 Å². The van der Waals surface area contributed by atoms with Crippen LogP contribution in [0.25, 0.3) is 0 Å². The third-order valence-electron chi connectivity index (χ3n) is 4.54. The smallest absolute Gasteiger partial charge is 0.329 e. The number of nitrogens with zero attached hydrogens (tertiary/aromatic N) is 1. The van der Waals surface area contributed by atoms with Gasteiger partial charge in [-0.2, -0.15) is 5.10 Å². The molecule has 7 nitrogen and oxygen atoms in total. The number of amides is 2. The Bertz CT molecular complexity index is 1150. The minimum Gasteiger partial charge on any atom is -0.493 e. The highest BCUT2D eigenvalue weighted by Crippen LogP contribution is 2.28. The van der Waals surface area contributed by atoms with Gasteiger partial charge in [0.15, 0.2) is 11.5 Å². The Morgan fingerprint density at radius 2 is 1.75 bits per heavy atom. The van der Waals surface area contributed by atoms with E-state index in [9.17, 15) is 14.0 Å². The molecule has 0 fully saturated rings. The molecule has 0 saturated carbocycles. The van der Waals surface area contributed by atoms with Crippen LogP contribution in [0, 0.1) is 12.7 Å². The number of anilines is 1. The molecule has 8 heteroatoms. The zero-order valence-corrected chi connectivity index (χ0v) is 17.6. The number of para-hydroxylation sites is 1. The van der Waals surface area contributed by atoms with Gasteiger partial charge in [-0.25, -0.2) is 9.82 Å². The summed E-state index contributed by atoms with van der Waals surface area (Å²) in [4.78, 5) is 23.7. The first kappa shape index (κ1) is 22.5. The molecule has 0 heterocycles. The Morgan fingerprint density at radius 1 is 1.00 bits per heavy atom. The van der Waals surface area contributed by atoms with E-state index in [0.717, 1.165) is 11.1 Å². The lowest BCUT2D eigenvalue weighted by Crippen LogP contribution is -2.32. The van der Waals surface area contributed by atoms with Crippen LogP contribution in [-0.2, 0) is 16.2 Å². The molecule has 32 heavy (non-hydrogen) atoms. The zero-order chi connectivity index (χ0) is 22.9. The zero-order valence-electron chi connectivity index (χ0n) is 17.6. The Hall–Kier alpha value is -4.20. The Labute approximate surface area is 184 Å². The monoisotopic (exact) mass is 435 g/mol. The lowest BCUT2D eigenvalue weighted by atomic mass is 10.1. The van der Waals surface area contributed by atoms with E-state index in [4.69, 9.17) is 9.47 Å². The highest BCUT2D eigenvalue weighted by atomic mass is 19.1. The molecule has 0 unspecified atom stereocenters. The minimum absolute atomic E-state index is 0.0948. The van der Waals surface area contributed by atoms with Crippen LogP contribution in [0.5, 0.6) is 11.5 Å². The molecule has 0 aliphatic rings. The Balaban J connectivity index is 1.58. The highest BCUT2D eigenvalue weighted by Gasteiger charge is 2.14. The lowest BCUT2D eigenvalue weighted by molar-refractivity contribution is -0.136. The molecule has 0 bridgehead atoms. The second-order valence-corrected chi connectivity index (χ2v) is 6.76. The summed E-state index contributed by atoms with van der Waals surface area (Å²) in [7, 11) is 1.52. The van der Waals surface area contributed by atoms with Crippen molar-refractivity contribution in [3.63, 3.8) is 0 Å². The minimum atomic E-state index is -1.04. The van der Waals surface area contributed by atoms with Gasteiger partial charge in [-0.3, -0.25) is 9.59 Å². The van der Waals surface area contributed by atoms with Crippen molar-refractivity contribution in [2.75, 3.05) is 12.4 Å². The van der Waals surface area contributed by atoms with Gasteiger partial charge in [0.25, 0.3) is 0 Å². The quantitative estimate of drug-likeness (QED) is 0.336. The summed E-state index contributed by atoms with van der Waals surface area (Å²) in [6.07, 6.45) is 1.35. The van der Waals surface area contributed by atoms with Crippen LogP contribution >= 0.6 is 0 Å². The molecule has 0 atom stereocenters. The molecule has 3 rings (SSSR count).